The van der Waals surface area contributed by atoms with Crippen molar-refractivity contribution in [1.82, 2.24) is 0 Å². The fourth-order valence-electron chi connectivity index (χ4n) is 2.57. The minimum atomic E-state index is -3.35. The summed E-state index contributed by atoms with van der Waals surface area (Å²) in [6.07, 6.45) is 3.18. The van der Waals surface area contributed by atoms with Gasteiger partial charge in [-0.15, -0.1) is 0 Å². The van der Waals surface area contributed by atoms with Crippen LogP contribution < -0.4 is 9.46 Å². The second-order valence-electron chi connectivity index (χ2n) is 5.34. The van der Waals surface area contributed by atoms with Crippen molar-refractivity contribution in [3.63, 3.8) is 0 Å². The molecule has 2 aromatic rings. The van der Waals surface area contributed by atoms with E-state index in [4.69, 9.17) is 4.74 Å². The summed E-state index contributed by atoms with van der Waals surface area (Å²) in [6, 6.07) is 13.2. The van der Waals surface area contributed by atoms with Crippen LogP contribution in [0.15, 0.2) is 42.5 Å². The van der Waals surface area contributed by atoms with Gasteiger partial charge in [-0.2, -0.15) is 0 Å². The third-order valence-electron chi connectivity index (χ3n) is 3.51. The lowest BCUT2D eigenvalue weighted by Crippen LogP contribution is -2.11. The van der Waals surface area contributed by atoms with Crippen LogP contribution >= 0.6 is 22.6 Å². The van der Waals surface area contributed by atoms with Gasteiger partial charge in [-0.3, -0.25) is 4.72 Å². The number of sulfonamides is 1. The summed E-state index contributed by atoms with van der Waals surface area (Å²) in [5.74, 6) is 1.22. The SMILES string of the molecule is CS(=O)(=O)Nc1cc2c(cc1Oc1ccccc1)C(I)CC2. The molecule has 1 N–H and O–H groups in total. The van der Waals surface area contributed by atoms with E-state index in [0.29, 0.717) is 21.1 Å². The summed E-state index contributed by atoms with van der Waals surface area (Å²) in [6.45, 7) is 0. The molecule has 0 fully saturated rings. The number of aryl methyl sites for hydroxylation is 1. The Bertz CT molecular complexity index is 791. The predicted molar refractivity (Wildman–Crippen MR) is 96.5 cm³/mol. The number of hydrogen-bond donors (Lipinski definition) is 1. The van der Waals surface area contributed by atoms with Crippen LogP contribution in [0.2, 0.25) is 0 Å². The Kier molecular flexibility index (Phi) is 4.31. The molecule has 0 saturated heterocycles. The standard InChI is InChI=1S/C16H16INO3S/c1-22(19,20)18-15-9-11-7-8-14(17)13(11)10-16(15)21-12-5-3-2-4-6-12/h2-6,9-10,14,18H,7-8H2,1H3. The van der Waals surface area contributed by atoms with Crippen molar-refractivity contribution in [2.75, 3.05) is 11.0 Å². The summed E-state index contributed by atoms with van der Waals surface area (Å²) in [5.41, 5.74) is 2.91. The Morgan fingerprint density at radius 3 is 2.64 bits per heavy atom. The molecule has 1 atom stereocenters. The molecular weight excluding hydrogens is 413 g/mol. The normalized spacial score (nSPS) is 17.1. The Hall–Kier alpha value is -1.28. The van der Waals surface area contributed by atoms with Gasteiger partial charge in [0.05, 0.1) is 11.9 Å². The van der Waals surface area contributed by atoms with Gasteiger partial charge in [0.1, 0.15) is 5.75 Å². The smallest absolute Gasteiger partial charge is 0.229 e. The first-order valence-corrected chi connectivity index (χ1v) is 10.1. The van der Waals surface area contributed by atoms with Crippen LogP contribution in [0.3, 0.4) is 0 Å². The van der Waals surface area contributed by atoms with Crippen molar-refractivity contribution in [3.05, 3.63) is 53.6 Å². The van der Waals surface area contributed by atoms with E-state index >= 15 is 0 Å². The Morgan fingerprint density at radius 2 is 1.95 bits per heavy atom. The number of halogens is 1. The number of benzene rings is 2. The number of para-hydroxylation sites is 1. The maximum absolute atomic E-state index is 11.6. The van der Waals surface area contributed by atoms with Gasteiger partial charge in [0, 0.05) is 3.92 Å². The maximum Gasteiger partial charge on any atom is 0.229 e. The van der Waals surface area contributed by atoms with Crippen LogP contribution in [0.1, 0.15) is 21.5 Å². The molecule has 1 aliphatic rings. The fraction of sp³-hybridized carbons (Fsp3) is 0.250. The van der Waals surface area contributed by atoms with Gasteiger partial charge in [0.2, 0.25) is 10.0 Å². The van der Waals surface area contributed by atoms with Crippen molar-refractivity contribution >= 4 is 38.3 Å². The molecule has 0 radical (unpaired) electrons. The van der Waals surface area contributed by atoms with E-state index in [2.05, 4.69) is 27.3 Å². The van der Waals surface area contributed by atoms with Crippen molar-refractivity contribution in [2.45, 2.75) is 16.8 Å². The molecule has 0 heterocycles. The lowest BCUT2D eigenvalue weighted by atomic mass is 10.1. The molecule has 1 aliphatic carbocycles. The van der Waals surface area contributed by atoms with Crippen LogP contribution in [-0.4, -0.2) is 14.7 Å². The highest BCUT2D eigenvalue weighted by atomic mass is 127. The number of ether oxygens (including phenoxy) is 1. The number of hydrogen-bond acceptors (Lipinski definition) is 3. The minimum absolute atomic E-state index is 0.443. The fourth-order valence-corrected chi connectivity index (χ4v) is 4.02. The van der Waals surface area contributed by atoms with Gasteiger partial charge in [-0.05, 0) is 48.2 Å². The molecule has 3 rings (SSSR count). The predicted octanol–water partition coefficient (Wildman–Crippen LogP) is 4.27. The third-order valence-corrected chi connectivity index (χ3v) is 5.40. The molecule has 116 valence electrons. The quantitative estimate of drug-likeness (QED) is 0.584. The van der Waals surface area contributed by atoms with Crippen molar-refractivity contribution in [2.24, 2.45) is 0 Å². The minimum Gasteiger partial charge on any atom is -0.455 e. The summed E-state index contributed by atoms with van der Waals surface area (Å²) in [5, 5.41) is 0. The van der Waals surface area contributed by atoms with Crippen LogP contribution in [0.5, 0.6) is 11.5 Å². The summed E-state index contributed by atoms with van der Waals surface area (Å²) in [7, 11) is -3.35. The Morgan fingerprint density at radius 1 is 1.23 bits per heavy atom. The summed E-state index contributed by atoms with van der Waals surface area (Å²) < 4.78 is 32.1. The van der Waals surface area contributed by atoms with E-state index in [1.807, 2.05) is 42.5 Å². The first-order valence-electron chi connectivity index (χ1n) is 6.94. The van der Waals surface area contributed by atoms with Crippen molar-refractivity contribution in [1.29, 1.82) is 0 Å². The van der Waals surface area contributed by atoms with E-state index in [1.54, 1.807) is 0 Å². The number of fused-ring (bicyclic) bond motifs is 1. The molecule has 0 spiro atoms. The van der Waals surface area contributed by atoms with Gasteiger partial charge in [-0.25, -0.2) is 8.42 Å². The first kappa shape index (κ1) is 15.6. The number of alkyl halides is 1. The first-order chi connectivity index (χ1) is 10.4. The van der Waals surface area contributed by atoms with Crippen LogP contribution in [-0.2, 0) is 16.4 Å². The Labute approximate surface area is 144 Å². The molecule has 0 saturated carbocycles. The van der Waals surface area contributed by atoms with E-state index in [0.717, 1.165) is 19.1 Å². The highest BCUT2D eigenvalue weighted by Gasteiger charge is 2.23. The summed E-state index contributed by atoms with van der Waals surface area (Å²) in [4.78, 5) is 0. The topological polar surface area (TPSA) is 55.4 Å². The van der Waals surface area contributed by atoms with E-state index in [-0.39, 0.29) is 0 Å². The maximum atomic E-state index is 11.6. The average molecular weight is 429 g/mol. The van der Waals surface area contributed by atoms with E-state index < -0.39 is 10.0 Å². The lowest BCUT2D eigenvalue weighted by Gasteiger charge is -2.15. The molecule has 0 aromatic heterocycles. The molecule has 0 amide bonds. The number of rotatable bonds is 4. The molecule has 4 nitrogen and oxygen atoms in total. The molecule has 0 bridgehead atoms. The molecule has 6 heteroatoms. The second-order valence-corrected chi connectivity index (χ2v) is 8.59. The zero-order valence-electron chi connectivity index (χ0n) is 12.0. The van der Waals surface area contributed by atoms with Gasteiger partial charge in [0.15, 0.2) is 5.75 Å². The molecule has 1 unspecified atom stereocenters. The van der Waals surface area contributed by atoms with Crippen LogP contribution in [0.4, 0.5) is 5.69 Å². The summed E-state index contributed by atoms with van der Waals surface area (Å²) >= 11 is 2.42. The zero-order valence-corrected chi connectivity index (χ0v) is 15.0. The number of nitrogens with one attached hydrogen (secondary N) is 1. The molecule has 0 aliphatic heterocycles. The van der Waals surface area contributed by atoms with E-state index in [1.165, 1.54) is 11.1 Å². The zero-order chi connectivity index (χ0) is 15.7. The highest BCUT2D eigenvalue weighted by Crippen LogP contribution is 2.43. The molecular formula is C16H16INO3S. The van der Waals surface area contributed by atoms with Crippen molar-refractivity contribution in [3.8, 4) is 11.5 Å². The van der Waals surface area contributed by atoms with Gasteiger partial charge < -0.3 is 4.74 Å². The van der Waals surface area contributed by atoms with Crippen LogP contribution in [0, 0.1) is 0 Å². The van der Waals surface area contributed by atoms with Crippen molar-refractivity contribution < 1.29 is 13.2 Å². The highest BCUT2D eigenvalue weighted by molar-refractivity contribution is 14.1. The van der Waals surface area contributed by atoms with Gasteiger partial charge in [-0.1, -0.05) is 40.8 Å². The molecule has 2 aromatic carbocycles. The van der Waals surface area contributed by atoms with Gasteiger partial charge in [0.25, 0.3) is 0 Å². The largest absolute Gasteiger partial charge is 0.455 e. The van der Waals surface area contributed by atoms with E-state index in [9.17, 15) is 8.42 Å². The third kappa shape index (κ3) is 3.55. The lowest BCUT2D eigenvalue weighted by molar-refractivity contribution is 0.484. The van der Waals surface area contributed by atoms with Crippen LogP contribution in [0.25, 0.3) is 0 Å². The second kappa shape index (κ2) is 6.08. The Balaban J connectivity index is 2.03. The number of anilines is 1. The van der Waals surface area contributed by atoms with Gasteiger partial charge >= 0.3 is 0 Å². The molecule has 22 heavy (non-hydrogen) atoms. The monoisotopic (exact) mass is 429 g/mol. The average Bonchev–Trinajstić information content (AvgIpc) is 2.80.